The number of pyridine rings is 1. The number of hydrogen-bond donors (Lipinski definition) is 3. The van der Waals surface area contributed by atoms with Gasteiger partial charge in [0.25, 0.3) is 0 Å². The monoisotopic (exact) mass is 258 g/mol. The number of anilines is 1. The molecular weight excluding hydrogens is 244 g/mol. The maximum atomic E-state index is 10.3. The normalized spacial score (nSPS) is 23.1. The SMILES string of the molecule is CC1(O)CCc2cc3nnc4[nH]c(N)nc(c34)n2C1. The zero-order valence-electron chi connectivity index (χ0n) is 10.5. The van der Waals surface area contributed by atoms with Gasteiger partial charge in [-0.3, -0.25) is 0 Å². The maximum Gasteiger partial charge on any atom is 0.201 e. The van der Waals surface area contributed by atoms with E-state index in [2.05, 4.69) is 20.2 Å². The zero-order chi connectivity index (χ0) is 13.2. The second-order valence-electron chi connectivity index (χ2n) is 5.47. The number of aliphatic hydroxyl groups is 1. The summed E-state index contributed by atoms with van der Waals surface area (Å²) >= 11 is 0. The second kappa shape index (κ2) is 3.24. The summed E-state index contributed by atoms with van der Waals surface area (Å²) in [5.74, 6) is 0.306. The van der Waals surface area contributed by atoms with Gasteiger partial charge >= 0.3 is 0 Å². The number of hydrogen-bond acceptors (Lipinski definition) is 5. The number of aromatic amines is 1. The van der Waals surface area contributed by atoms with E-state index in [9.17, 15) is 5.11 Å². The molecule has 1 aliphatic heterocycles. The second-order valence-corrected chi connectivity index (χ2v) is 5.47. The first-order valence-corrected chi connectivity index (χ1v) is 6.26. The van der Waals surface area contributed by atoms with Crippen LogP contribution in [-0.4, -0.2) is 35.4 Å². The molecule has 1 aliphatic rings. The Morgan fingerprint density at radius 2 is 2.32 bits per heavy atom. The molecule has 0 saturated heterocycles. The largest absolute Gasteiger partial charge is 0.388 e. The van der Waals surface area contributed by atoms with Crippen LogP contribution in [0.25, 0.3) is 22.2 Å². The van der Waals surface area contributed by atoms with Crippen LogP contribution >= 0.6 is 0 Å². The molecule has 0 radical (unpaired) electrons. The lowest BCUT2D eigenvalue weighted by atomic mass is 9.94. The number of fused-ring (bicyclic) bond motifs is 2. The lowest BCUT2D eigenvalue weighted by Gasteiger charge is -2.32. The van der Waals surface area contributed by atoms with Gasteiger partial charge in [0, 0.05) is 5.69 Å². The van der Waals surface area contributed by atoms with Crippen molar-refractivity contribution in [2.24, 2.45) is 0 Å². The summed E-state index contributed by atoms with van der Waals surface area (Å²) < 4.78 is 2.02. The Balaban J connectivity index is 2.14. The van der Waals surface area contributed by atoms with Crippen molar-refractivity contribution in [2.45, 2.75) is 31.9 Å². The molecule has 0 aromatic carbocycles. The van der Waals surface area contributed by atoms with Crippen LogP contribution in [0.3, 0.4) is 0 Å². The molecule has 0 saturated carbocycles. The third-order valence-corrected chi connectivity index (χ3v) is 3.77. The van der Waals surface area contributed by atoms with Gasteiger partial charge in [-0.05, 0) is 25.8 Å². The smallest absolute Gasteiger partial charge is 0.201 e. The molecule has 0 fully saturated rings. The van der Waals surface area contributed by atoms with E-state index in [1.807, 2.05) is 17.6 Å². The summed E-state index contributed by atoms with van der Waals surface area (Å²) in [6, 6.07) is 2.02. The van der Waals surface area contributed by atoms with E-state index >= 15 is 0 Å². The first-order chi connectivity index (χ1) is 9.03. The topological polar surface area (TPSA) is 106 Å². The Bertz CT molecular complexity index is 799. The van der Waals surface area contributed by atoms with Crippen LogP contribution in [0.15, 0.2) is 6.07 Å². The zero-order valence-corrected chi connectivity index (χ0v) is 10.5. The number of aryl methyl sites for hydroxylation is 1. The molecular formula is C12H14N6O. The highest BCUT2D eigenvalue weighted by molar-refractivity contribution is 6.03. The molecule has 7 heteroatoms. The van der Waals surface area contributed by atoms with E-state index < -0.39 is 5.60 Å². The molecule has 0 aliphatic carbocycles. The predicted molar refractivity (Wildman–Crippen MR) is 70.5 cm³/mol. The number of nitrogens with zero attached hydrogens (tertiary/aromatic N) is 4. The molecule has 4 N–H and O–H groups in total. The van der Waals surface area contributed by atoms with Crippen molar-refractivity contribution < 1.29 is 5.11 Å². The van der Waals surface area contributed by atoms with Crippen molar-refractivity contribution >= 4 is 28.1 Å². The summed E-state index contributed by atoms with van der Waals surface area (Å²) in [7, 11) is 0. The third-order valence-electron chi connectivity index (χ3n) is 3.77. The number of H-pyrrole nitrogens is 1. The van der Waals surface area contributed by atoms with Crippen LogP contribution in [0.2, 0.25) is 0 Å². The van der Waals surface area contributed by atoms with E-state index in [1.165, 1.54) is 0 Å². The summed E-state index contributed by atoms with van der Waals surface area (Å²) in [6.07, 6.45) is 1.53. The van der Waals surface area contributed by atoms with Crippen LogP contribution in [-0.2, 0) is 13.0 Å². The highest BCUT2D eigenvalue weighted by Gasteiger charge is 2.29. The van der Waals surface area contributed by atoms with Crippen LogP contribution in [0.1, 0.15) is 19.0 Å². The van der Waals surface area contributed by atoms with Crippen LogP contribution in [0.5, 0.6) is 0 Å². The molecule has 19 heavy (non-hydrogen) atoms. The molecule has 0 bridgehead atoms. The summed E-state index contributed by atoms with van der Waals surface area (Å²) in [5, 5.41) is 19.4. The number of nitrogen functional groups attached to an aromatic ring is 1. The molecule has 1 atom stereocenters. The molecule has 3 aromatic rings. The van der Waals surface area contributed by atoms with E-state index in [-0.39, 0.29) is 0 Å². The highest BCUT2D eigenvalue weighted by atomic mass is 16.3. The molecule has 4 rings (SSSR count). The Kier molecular flexibility index (Phi) is 1.83. The van der Waals surface area contributed by atoms with Crippen LogP contribution in [0.4, 0.5) is 5.95 Å². The maximum absolute atomic E-state index is 10.3. The van der Waals surface area contributed by atoms with Crippen molar-refractivity contribution in [1.82, 2.24) is 24.7 Å². The number of nitrogens with two attached hydrogens (primary N) is 1. The van der Waals surface area contributed by atoms with E-state index in [1.54, 1.807) is 0 Å². The standard InChI is InChI=1S/C12H14N6O/c1-12(19)3-2-6-4-7-8-9(17-16-7)14-11(13)15-10(8)18(6)5-12/h4,19H,2-3,5H2,1H3,(H3,13,14,15,16,17). The first-order valence-electron chi connectivity index (χ1n) is 6.26. The minimum absolute atomic E-state index is 0.306. The van der Waals surface area contributed by atoms with E-state index in [0.29, 0.717) is 18.1 Å². The van der Waals surface area contributed by atoms with Crippen molar-refractivity contribution in [3.05, 3.63) is 11.8 Å². The Morgan fingerprint density at radius 3 is 3.16 bits per heavy atom. The molecule has 1 unspecified atom stereocenters. The van der Waals surface area contributed by atoms with Crippen molar-refractivity contribution in [3.8, 4) is 0 Å². The van der Waals surface area contributed by atoms with Gasteiger partial charge in [0.2, 0.25) is 5.95 Å². The van der Waals surface area contributed by atoms with Gasteiger partial charge in [0.05, 0.1) is 17.5 Å². The van der Waals surface area contributed by atoms with Crippen LogP contribution < -0.4 is 5.73 Å². The molecule has 0 spiro atoms. The Morgan fingerprint density at radius 1 is 1.47 bits per heavy atom. The van der Waals surface area contributed by atoms with E-state index in [4.69, 9.17) is 5.73 Å². The molecule has 4 heterocycles. The van der Waals surface area contributed by atoms with Crippen molar-refractivity contribution in [2.75, 3.05) is 5.73 Å². The number of nitrogens with one attached hydrogen (secondary N) is 1. The fraction of sp³-hybridized carbons (Fsp3) is 0.417. The molecule has 3 aromatic heterocycles. The Hall–Kier alpha value is -2.15. The quantitative estimate of drug-likeness (QED) is 0.547. The summed E-state index contributed by atoms with van der Waals surface area (Å²) in [5.41, 5.74) is 8.37. The van der Waals surface area contributed by atoms with E-state index in [0.717, 1.165) is 35.1 Å². The third kappa shape index (κ3) is 1.45. The lowest BCUT2D eigenvalue weighted by molar-refractivity contribution is 0.0233. The fourth-order valence-corrected chi connectivity index (χ4v) is 2.82. The van der Waals surface area contributed by atoms with Gasteiger partial charge in [-0.15, -0.1) is 10.2 Å². The van der Waals surface area contributed by atoms with Gasteiger partial charge in [0.1, 0.15) is 11.2 Å². The van der Waals surface area contributed by atoms with Gasteiger partial charge in [0.15, 0.2) is 5.65 Å². The Labute approximate surface area is 108 Å². The first kappa shape index (κ1) is 10.7. The average molecular weight is 258 g/mol. The lowest BCUT2D eigenvalue weighted by Crippen LogP contribution is -2.36. The van der Waals surface area contributed by atoms with Gasteiger partial charge in [-0.25, -0.2) is 0 Å². The number of rotatable bonds is 0. The fourth-order valence-electron chi connectivity index (χ4n) is 2.82. The summed E-state index contributed by atoms with van der Waals surface area (Å²) in [4.78, 5) is 7.28. The predicted octanol–water partition coefficient (Wildman–Crippen LogP) is 0.587. The minimum Gasteiger partial charge on any atom is -0.388 e. The molecule has 98 valence electrons. The minimum atomic E-state index is -0.718. The highest BCUT2D eigenvalue weighted by Crippen LogP contribution is 2.31. The van der Waals surface area contributed by atoms with Gasteiger partial charge in [-0.1, -0.05) is 0 Å². The molecule has 7 nitrogen and oxygen atoms in total. The summed E-state index contributed by atoms with van der Waals surface area (Å²) in [6.45, 7) is 2.35. The van der Waals surface area contributed by atoms with Crippen molar-refractivity contribution in [1.29, 1.82) is 0 Å². The number of aromatic nitrogens is 5. The molecule has 0 amide bonds. The van der Waals surface area contributed by atoms with Crippen molar-refractivity contribution in [3.63, 3.8) is 0 Å². The van der Waals surface area contributed by atoms with Crippen LogP contribution in [0, 0.1) is 0 Å². The van der Waals surface area contributed by atoms with Gasteiger partial charge < -0.3 is 20.4 Å². The van der Waals surface area contributed by atoms with Gasteiger partial charge in [-0.2, -0.15) is 4.98 Å². The average Bonchev–Trinajstić information content (AvgIpc) is 2.73.